The Bertz CT molecular complexity index is 2460. The van der Waals surface area contributed by atoms with E-state index in [1.54, 1.807) is 18.9 Å². The van der Waals surface area contributed by atoms with Crippen LogP contribution in [-0.4, -0.2) is 96.2 Å². The minimum atomic E-state index is -1.16. The molecule has 3 N–H and O–H groups in total. The SMILES string of the molecule is COc1c(C)cc2c(c1O)[C@H]1C3[C@@H]4SC[C@]5(NCCc6c5[nH]c5ccc(C)cc65)C(=O)COC[C@@H](c5c6c(c(C)c(OC(C)=O)c54)OCO6)N3[C@@H](C#N)[C@@H](C2)N1C. The number of hydrogen-bond donors (Lipinski definition) is 3. The molecular formula is C43H45N5O8S. The summed E-state index contributed by atoms with van der Waals surface area (Å²) in [4.78, 5) is 36.1. The van der Waals surface area contributed by atoms with Gasteiger partial charge in [-0.1, -0.05) is 17.7 Å². The quantitative estimate of drug-likeness (QED) is 0.182. The van der Waals surface area contributed by atoms with Crippen molar-refractivity contribution in [2.24, 2.45) is 0 Å². The number of Topliss-reactive ketones (excluding diaryl/α,β-unsaturated/α-hetero) is 1. The Balaban J connectivity index is 1.26. The van der Waals surface area contributed by atoms with E-state index < -0.39 is 40.9 Å². The van der Waals surface area contributed by atoms with Crippen LogP contribution in [0.3, 0.4) is 0 Å². The first kappa shape index (κ1) is 36.6. The zero-order valence-corrected chi connectivity index (χ0v) is 33.6. The fourth-order valence-electron chi connectivity index (χ4n) is 11.0. The number of phenols is 1. The molecule has 13 nitrogen and oxygen atoms in total. The second-order valence-electron chi connectivity index (χ2n) is 16.3. The molecule has 8 heterocycles. The van der Waals surface area contributed by atoms with Crippen molar-refractivity contribution in [3.63, 3.8) is 0 Å². The minimum absolute atomic E-state index is 0.0227. The second-order valence-corrected chi connectivity index (χ2v) is 17.4. The molecule has 0 aliphatic carbocycles. The number of nitrogens with zero attached hydrogens (tertiary/aromatic N) is 3. The number of phenolic OH excluding ortho intramolecular Hbond substituents is 1. The Kier molecular flexibility index (Phi) is 8.41. The summed E-state index contributed by atoms with van der Waals surface area (Å²) >= 11 is 1.59. The lowest BCUT2D eigenvalue weighted by Gasteiger charge is -2.61. The summed E-state index contributed by atoms with van der Waals surface area (Å²) in [7, 11) is 3.59. The van der Waals surface area contributed by atoms with E-state index in [1.165, 1.54) is 6.92 Å². The molecule has 7 aliphatic rings. The number of benzene rings is 3. The standard InChI is InChI=1S/C43H45N5O8S/c1-19-7-8-26-25(11-19)24-9-10-45-43(42(24)46-26)17-57-41-33-32(40-39(54-18-55-40)21(3)38(33)56-22(4)49)29(15-53-16-30(43)50)48-28(14-44)27-13-23-12-20(2)37(52-6)36(51)31(23)34(35(41)48)47(27)5/h7-8,11-12,27-29,34-35,41,45-46,51H,9-10,13,15-18H2,1-6H3/t27-,28+,29+,34+,35?,41-,43+/m1/s1. The van der Waals surface area contributed by atoms with Crippen molar-refractivity contribution < 1.29 is 38.4 Å². The molecule has 2 saturated heterocycles. The van der Waals surface area contributed by atoms with Crippen molar-refractivity contribution in [2.75, 3.05) is 46.5 Å². The van der Waals surface area contributed by atoms with E-state index in [2.05, 4.69) is 57.4 Å². The summed E-state index contributed by atoms with van der Waals surface area (Å²) in [5, 5.41) is 27.6. The smallest absolute Gasteiger partial charge is 0.308 e. The van der Waals surface area contributed by atoms with Crippen LogP contribution < -0.4 is 24.3 Å². The molecule has 7 aliphatic heterocycles. The summed E-state index contributed by atoms with van der Waals surface area (Å²) in [6.45, 7) is 7.67. The molecule has 0 saturated carbocycles. The first-order valence-electron chi connectivity index (χ1n) is 19.5. The van der Waals surface area contributed by atoms with Gasteiger partial charge in [-0.05, 0) is 69.5 Å². The van der Waals surface area contributed by atoms with Gasteiger partial charge >= 0.3 is 5.97 Å². The molecule has 3 aromatic carbocycles. The summed E-state index contributed by atoms with van der Waals surface area (Å²) in [6, 6.07) is 8.67. The van der Waals surface area contributed by atoms with Crippen LogP contribution in [0.5, 0.6) is 28.7 Å². The number of esters is 1. The third-order valence-corrected chi connectivity index (χ3v) is 14.8. The van der Waals surface area contributed by atoms with Crippen LogP contribution >= 0.6 is 11.8 Å². The maximum atomic E-state index is 14.9. The van der Waals surface area contributed by atoms with Gasteiger partial charge in [-0.25, -0.2) is 0 Å². The first-order chi connectivity index (χ1) is 27.5. The maximum Gasteiger partial charge on any atom is 0.308 e. The molecule has 1 spiro atoms. The number of aryl methyl sites for hydroxylation is 2. The number of nitrogens with one attached hydrogen (secondary N) is 2. The van der Waals surface area contributed by atoms with Gasteiger partial charge in [-0.15, -0.1) is 11.8 Å². The third-order valence-electron chi connectivity index (χ3n) is 13.3. The number of rotatable bonds is 2. The number of likely N-dealkylation sites (N-methyl/N-ethyl adjacent to an activating group) is 1. The topological polar surface area (TPSA) is 159 Å². The number of aromatic hydroxyl groups is 1. The largest absolute Gasteiger partial charge is 0.504 e. The molecule has 296 valence electrons. The average molecular weight is 792 g/mol. The van der Waals surface area contributed by atoms with Crippen LogP contribution in [-0.2, 0) is 32.7 Å². The number of hydrogen-bond acceptors (Lipinski definition) is 13. The number of aromatic amines is 1. The van der Waals surface area contributed by atoms with Gasteiger partial charge in [0, 0.05) is 70.2 Å². The number of ether oxygens (including phenoxy) is 5. The van der Waals surface area contributed by atoms with Gasteiger partial charge in [0.15, 0.2) is 28.8 Å². The van der Waals surface area contributed by atoms with E-state index in [4.69, 9.17) is 23.7 Å². The second kappa shape index (κ2) is 13.1. The molecule has 14 heteroatoms. The van der Waals surface area contributed by atoms with E-state index in [1.807, 2.05) is 20.9 Å². The van der Waals surface area contributed by atoms with E-state index in [-0.39, 0.29) is 43.3 Å². The molecule has 11 rings (SSSR count). The van der Waals surface area contributed by atoms with Crippen molar-refractivity contribution >= 4 is 34.4 Å². The number of thioether (sulfide) groups is 1. The van der Waals surface area contributed by atoms with Gasteiger partial charge in [0.25, 0.3) is 0 Å². The van der Waals surface area contributed by atoms with E-state index in [0.717, 1.165) is 62.0 Å². The Morgan fingerprint density at radius 3 is 2.70 bits per heavy atom. The number of nitriles is 1. The number of carbonyl (C=O) groups excluding carboxylic acids is 2. The van der Waals surface area contributed by atoms with Crippen molar-refractivity contribution in [3.05, 3.63) is 74.5 Å². The normalized spacial score (nSPS) is 28.9. The number of H-pyrrole nitrogens is 1. The van der Waals surface area contributed by atoms with Gasteiger partial charge in [-0.3, -0.25) is 24.7 Å². The van der Waals surface area contributed by atoms with Gasteiger partial charge < -0.3 is 33.8 Å². The van der Waals surface area contributed by atoms with Crippen molar-refractivity contribution in [3.8, 4) is 34.8 Å². The predicted octanol–water partition coefficient (Wildman–Crippen LogP) is 5.11. The van der Waals surface area contributed by atoms with E-state index >= 15 is 0 Å². The Labute approximate surface area is 334 Å². The maximum absolute atomic E-state index is 14.9. The first-order valence-corrected chi connectivity index (χ1v) is 20.6. The van der Waals surface area contributed by atoms with Gasteiger partial charge in [-0.2, -0.15) is 5.26 Å². The van der Waals surface area contributed by atoms with Crippen LogP contribution in [0.25, 0.3) is 10.9 Å². The van der Waals surface area contributed by atoms with Crippen LogP contribution in [0.1, 0.15) is 74.5 Å². The minimum Gasteiger partial charge on any atom is -0.504 e. The predicted molar refractivity (Wildman–Crippen MR) is 211 cm³/mol. The van der Waals surface area contributed by atoms with Gasteiger partial charge in [0.2, 0.25) is 6.79 Å². The van der Waals surface area contributed by atoms with E-state index in [0.29, 0.717) is 41.5 Å². The summed E-state index contributed by atoms with van der Waals surface area (Å²) < 4.78 is 31.0. The monoisotopic (exact) mass is 791 g/mol. The lowest BCUT2D eigenvalue weighted by molar-refractivity contribution is -0.133. The number of carbonyl (C=O) groups is 2. The van der Waals surface area contributed by atoms with Crippen molar-refractivity contribution in [1.29, 1.82) is 5.26 Å². The van der Waals surface area contributed by atoms with Crippen molar-refractivity contribution in [2.45, 2.75) is 81.5 Å². The van der Waals surface area contributed by atoms with Crippen LogP contribution in [0, 0.1) is 32.1 Å². The molecule has 1 aromatic heterocycles. The number of aromatic nitrogens is 1. The van der Waals surface area contributed by atoms with Gasteiger partial charge in [0.1, 0.15) is 23.9 Å². The molecule has 2 fully saturated rings. The number of fused-ring (bicyclic) bond motifs is 12. The van der Waals surface area contributed by atoms with Crippen molar-refractivity contribution in [1.82, 2.24) is 20.1 Å². The zero-order chi connectivity index (χ0) is 39.7. The highest BCUT2D eigenvalue weighted by molar-refractivity contribution is 7.99. The lowest BCUT2D eigenvalue weighted by Crippen LogP contribution is -2.69. The molecule has 57 heavy (non-hydrogen) atoms. The summed E-state index contributed by atoms with van der Waals surface area (Å²) in [5.74, 6) is 1.57. The molecule has 4 aromatic rings. The molecule has 0 amide bonds. The highest BCUT2D eigenvalue weighted by Gasteiger charge is 2.61. The molecule has 7 atom stereocenters. The molecule has 0 radical (unpaired) electrons. The fraction of sp³-hybridized carbons (Fsp3) is 0.465. The number of methoxy groups -OCH3 is 1. The highest BCUT2D eigenvalue weighted by atomic mass is 32.2. The third kappa shape index (κ3) is 5.02. The van der Waals surface area contributed by atoms with Crippen LogP contribution in [0.4, 0.5) is 0 Å². The van der Waals surface area contributed by atoms with Gasteiger partial charge in [0.05, 0.1) is 37.1 Å². The number of ketones is 1. The molecule has 1 unspecified atom stereocenters. The summed E-state index contributed by atoms with van der Waals surface area (Å²) in [5.41, 5.74) is 7.52. The van der Waals surface area contributed by atoms with Crippen LogP contribution in [0.15, 0.2) is 24.3 Å². The average Bonchev–Trinajstić information content (AvgIpc) is 3.81. The zero-order valence-electron chi connectivity index (χ0n) is 32.8. The Morgan fingerprint density at radius 1 is 1.12 bits per heavy atom. The Hall–Kier alpha value is -4.78. The molecular weight excluding hydrogens is 747 g/mol. The number of piperazine rings is 1. The lowest BCUT2D eigenvalue weighted by atomic mass is 9.71. The molecule has 4 bridgehead atoms. The fourth-order valence-corrected chi connectivity index (χ4v) is 12.7. The Morgan fingerprint density at radius 2 is 1.93 bits per heavy atom. The summed E-state index contributed by atoms with van der Waals surface area (Å²) in [6.07, 6.45) is 1.28. The van der Waals surface area contributed by atoms with E-state index in [9.17, 15) is 20.0 Å². The van der Waals surface area contributed by atoms with Crippen LogP contribution in [0.2, 0.25) is 0 Å². The highest BCUT2D eigenvalue weighted by Crippen LogP contribution is 2.64.